The minimum atomic E-state index is -4.41. The molecule has 7 nitrogen and oxygen atoms in total. The van der Waals surface area contributed by atoms with Crippen LogP contribution in [-0.4, -0.2) is 31.4 Å². The van der Waals surface area contributed by atoms with E-state index in [-0.39, 0.29) is 39.0 Å². The molecule has 0 bridgehead atoms. The smallest absolute Gasteiger partial charge is 0.327 e. The van der Waals surface area contributed by atoms with E-state index < -0.39 is 22.0 Å². The number of carboxylic acid groups (broad SMARTS) is 1. The molecule has 4 aromatic carbocycles. The Bertz CT molecular complexity index is 1660. The Kier molecular flexibility index (Phi) is 9.58. The van der Waals surface area contributed by atoms with Gasteiger partial charge < -0.3 is 10.4 Å². The fourth-order valence-electron chi connectivity index (χ4n) is 4.72. The van der Waals surface area contributed by atoms with E-state index in [2.05, 4.69) is 5.32 Å². The number of carbonyl (C=O) groups excluding carboxylic acids is 1. The van der Waals surface area contributed by atoms with Crippen LogP contribution >= 0.6 is 23.2 Å². The van der Waals surface area contributed by atoms with Crippen molar-refractivity contribution in [2.75, 3.05) is 4.31 Å². The van der Waals surface area contributed by atoms with Crippen molar-refractivity contribution >= 4 is 61.6 Å². The van der Waals surface area contributed by atoms with E-state index in [4.69, 9.17) is 23.2 Å². The maximum atomic E-state index is 14.0. The van der Waals surface area contributed by atoms with Gasteiger partial charge in [0.2, 0.25) is 0 Å². The summed E-state index contributed by atoms with van der Waals surface area (Å²) in [6.45, 7) is 3.79. The van der Waals surface area contributed by atoms with Gasteiger partial charge in [0.15, 0.2) is 0 Å². The number of carboxylic acids is 1. The fourth-order valence-corrected chi connectivity index (χ4v) is 7.08. The van der Waals surface area contributed by atoms with E-state index in [1.54, 1.807) is 30.3 Å². The molecule has 0 aliphatic heterocycles. The number of hydrogen-bond acceptors (Lipinski definition) is 4. The average molecular weight is 614 g/mol. The number of benzene rings is 4. The first-order valence-corrected chi connectivity index (χ1v) is 15.3. The summed E-state index contributed by atoms with van der Waals surface area (Å²) in [6.07, 6.45) is 1.27. The number of halogens is 2. The van der Waals surface area contributed by atoms with Crippen LogP contribution in [0.4, 0.5) is 5.69 Å². The summed E-state index contributed by atoms with van der Waals surface area (Å²) in [4.78, 5) is 25.5. The molecule has 0 heterocycles. The molecular weight excluding hydrogens is 583 g/mol. The molecule has 0 saturated carbocycles. The lowest BCUT2D eigenvalue weighted by Gasteiger charge is -2.30. The van der Waals surface area contributed by atoms with Gasteiger partial charge in [0.05, 0.1) is 16.6 Å². The van der Waals surface area contributed by atoms with Crippen LogP contribution in [0.15, 0.2) is 89.8 Å². The predicted molar refractivity (Wildman–Crippen MR) is 163 cm³/mol. The Morgan fingerprint density at radius 2 is 1.61 bits per heavy atom. The lowest BCUT2D eigenvalue weighted by Crippen LogP contribution is -2.45. The highest BCUT2D eigenvalue weighted by atomic mass is 35.5. The van der Waals surface area contributed by atoms with Gasteiger partial charge in [0.1, 0.15) is 6.04 Å². The van der Waals surface area contributed by atoms with Crippen molar-refractivity contribution in [3.8, 4) is 0 Å². The molecule has 0 saturated heterocycles. The Morgan fingerprint density at radius 3 is 2.24 bits per heavy atom. The molecule has 0 aliphatic rings. The number of rotatable bonds is 11. The third kappa shape index (κ3) is 6.84. The summed E-state index contributed by atoms with van der Waals surface area (Å²) in [5, 5.41) is 14.5. The second kappa shape index (κ2) is 12.9. The minimum Gasteiger partial charge on any atom is -0.480 e. The van der Waals surface area contributed by atoms with E-state index in [0.717, 1.165) is 9.87 Å². The molecule has 4 aromatic rings. The van der Waals surface area contributed by atoms with Crippen LogP contribution in [0.3, 0.4) is 0 Å². The molecule has 2 atom stereocenters. The molecule has 0 aromatic heterocycles. The summed E-state index contributed by atoms with van der Waals surface area (Å²) in [5.41, 5.74) is 1.51. The SMILES string of the molecule is CCCCC(C(=O)O)N(c1ccc2c(C(=O)NC(C)c3ccccc3)cccc2c1)S(=O)(=O)c1cc(Cl)cc(Cl)c1. The minimum absolute atomic E-state index is 0.0945. The zero-order valence-corrected chi connectivity index (χ0v) is 24.9. The number of anilines is 1. The molecule has 4 rings (SSSR count). The molecule has 214 valence electrons. The Labute approximate surface area is 249 Å². The van der Waals surface area contributed by atoms with Crippen molar-refractivity contribution in [1.29, 1.82) is 0 Å². The van der Waals surface area contributed by atoms with E-state index in [9.17, 15) is 23.1 Å². The fraction of sp³-hybridized carbons (Fsp3) is 0.226. The lowest BCUT2D eigenvalue weighted by molar-refractivity contribution is -0.138. The lowest BCUT2D eigenvalue weighted by atomic mass is 10.0. The largest absolute Gasteiger partial charge is 0.480 e. The number of hydrogen-bond donors (Lipinski definition) is 2. The number of nitrogens with zero attached hydrogens (tertiary/aromatic N) is 1. The first kappa shape index (κ1) is 30.4. The highest BCUT2D eigenvalue weighted by molar-refractivity contribution is 7.93. The predicted octanol–water partition coefficient (Wildman–Crippen LogP) is 7.48. The van der Waals surface area contributed by atoms with Crippen molar-refractivity contribution in [3.63, 3.8) is 0 Å². The molecule has 2 N–H and O–H groups in total. The highest BCUT2D eigenvalue weighted by Gasteiger charge is 2.36. The molecule has 0 aliphatic carbocycles. The number of sulfonamides is 1. The van der Waals surface area contributed by atoms with E-state index in [1.165, 1.54) is 24.3 Å². The number of unbranched alkanes of at least 4 members (excludes halogenated alkanes) is 1. The number of carbonyl (C=O) groups is 2. The molecule has 1 amide bonds. The van der Waals surface area contributed by atoms with Crippen LogP contribution in [0.2, 0.25) is 10.0 Å². The van der Waals surface area contributed by atoms with Gasteiger partial charge in [-0.2, -0.15) is 0 Å². The Morgan fingerprint density at radius 1 is 0.927 bits per heavy atom. The molecule has 2 unspecified atom stereocenters. The van der Waals surface area contributed by atoms with Crippen LogP contribution in [0.5, 0.6) is 0 Å². The molecule has 41 heavy (non-hydrogen) atoms. The molecular formula is C31H30Cl2N2O5S. The van der Waals surface area contributed by atoms with Gasteiger partial charge >= 0.3 is 5.97 Å². The first-order valence-electron chi connectivity index (χ1n) is 13.1. The second-order valence-electron chi connectivity index (χ2n) is 9.72. The standard InChI is InChI=1S/C31H30Cl2N2O5S/c1-3-4-13-29(31(37)38)35(41(39,40)26-18-23(32)17-24(33)19-26)25-14-15-27-22(16-25)11-8-12-28(27)30(36)34-20(2)21-9-6-5-7-10-21/h5-12,14-20,29H,3-4,13H2,1-2H3,(H,34,36)(H,37,38). The van der Waals surface area contributed by atoms with E-state index >= 15 is 0 Å². The maximum Gasteiger partial charge on any atom is 0.327 e. The van der Waals surface area contributed by atoms with Gasteiger partial charge in [-0.25, -0.2) is 13.2 Å². The monoisotopic (exact) mass is 612 g/mol. The van der Waals surface area contributed by atoms with Gasteiger partial charge in [-0.05, 0) is 66.1 Å². The van der Waals surface area contributed by atoms with Crippen LogP contribution in [0, 0.1) is 0 Å². The van der Waals surface area contributed by atoms with Crippen LogP contribution in [-0.2, 0) is 14.8 Å². The third-order valence-corrected chi connectivity index (χ3v) is 9.05. The quantitative estimate of drug-likeness (QED) is 0.183. The molecule has 10 heteroatoms. The normalized spacial score (nSPS) is 13.0. The van der Waals surface area contributed by atoms with E-state index in [1.807, 2.05) is 44.2 Å². The molecule has 0 spiro atoms. The van der Waals surface area contributed by atoms with Gasteiger partial charge in [0, 0.05) is 15.6 Å². The summed E-state index contributed by atoms with van der Waals surface area (Å²) >= 11 is 12.2. The second-order valence-corrected chi connectivity index (χ2v) is 12.4. The average Bonchev–Trinajstić information content (AvgIpc) is 2.94. The van der Waals surface area contributed by atoms with Gasteiger partial charge in [-0.15, -0.1) is 0 Å². The van der Waals surface area contributed by atoms with Crippen molar-refractivity contribution in [3.05, 3.63) is 106 Å². The van der Waals surface area contributed by atoms with Gasteiger partial charge in [0.25, 0.3) is 15.9 Å². The number of aliphatic carboxylic acids is 1. The summed E-state index contributed by atoms with van der Waals surface area (Å²) < 4.78 is 28.9. The Hall–Kier alpha value is -3.59. The van der Waals surface area contributed by atoms with Gasteiger partial charge in [-0.1, -0.05) is 91.5 Å². The summed E-state index contributed by atoms with van der Waals surface area (Å²) in [7, 11) is -4.41. The van der Waals surface area contributed by atoms with Gasteiger partial charge in [-0.3, -0.25) is 9.10 Å². The van der Waals surface area contributed by atoms with Crippen molar-refractivity contribution in [2.45, 2.75) is 50.1 Å². The van der Waals surface area contributed by atoms with Crippen LogP contribution in [0.25, 0.3) is 10.8 Å². The summed E-state index contributed by atoms with van der Waals surface area (Å²) in [6, 6.07) is 21.7. The highest BCUT2D eigenvalue weighted by Crippen LogP contribution is 2.34. The zero-order chi connectivity index (χ0) is 29.7. The maximum absolute atomic E-state index is 14.0. The molecule has 0 fully saturated rings. The first-order chi connectivity index (χ1) is 19.5. The summed E-state index contributed by atoms with van der Waals surface area (Å²) in [5.74, 6) is -1.57. The number of fused-ring (bicyclic) bond motifs is 1. The van der Waals surface area contributed by atoms with Crippen molar-refractivity contribution in [2.24, 2.45) is 0 Å². The zero-order valence-electron chi connectivity index (χ0n) is 22.6. The van der Waals surface area contributed by atoms with Crippen molar-refractivity contribution in [1.82, 2.24) is 5.32 Å². The molecule has 0 radical (unpaired) electrons. The number of nitrogens with one attached hydrogen (secondary N) is 1. The van der Waals surface area contributed by atoms with Crippen LogP contribution < -0.4 is 9.62 Å². The Balaban J connectivity index is 1.79. The van der Waals surface area contributed by atoms with Crippen molar-refractivity contribution < 1.29 is 23.1 Å². The number of amides is 1. The van der Waals surface area contributed by atoms with E-state index in [0.29, 0.717) is 29.2 Å². The van der Waals surface area contributed by atoms with Crippen LogP contribution in [0.1, 0.15) is 55.1 Å². The topological polar surface area (TPSA) is 104 Å². The third-order valence-electron chi connectivity index (χ3n) is 6.80.